The number of rotatable bonds is 1. The Morgan fingerprint density at radius 3 is 2.53 bits per heavy atom. The van der Waals surface area contributed by atoms with E-state index in [0.717, 1.165) is 11.2 Å². The number of anilines is 1. The van der Waals surface area contributed by atoms with E-state index in [0.29, 0.717) is 5.65 Å². The van der Waals surface area contributed by atoms with Crippen LogP contribution in [-0.4, -0.2) is 23.6 Å². The van der Waals surface area contributed by atoms with Gasteiger partial charge in [0.2, 0.25) is 0 Å². The summed E-state index contributed by atoms with van der Waals surface area (Å²) in [5.41, 5.74) is 0.680. The molecule has 2 aromatic rings. The van der Waals surface area contributed by atoms with E-state index >= 15 is 0 Å². The van der Waals surface area contributed by atoms with Crippen molar-refractivity contribution in [2.45, 2.75) is 0 Å². The summed E-state index contributed by atoms with van der Waals surface area (Å²) >= 11 is 0. The molecular weight excluding hydrogens is 190 g/mol. The first-order valence-electron chi connectivity index (χ1n) is 4.74. The highest BCUT2D eigenvalue weighted by atomic mass is 16.1. The van der Waals surface area contributed by atoms with Gasteiger partial charge in [-0.25, -0.2) is 4.98 Å². The largest absolute Gasteiger partial charge is 0.363 e. The molecule has 0 saturated heterocycles. The lowest BCUT2D eigenvalue weighted by atomic mass is 10.3. The van der Waals surface area contributed by atoms with E-state index < -0.39 is 0 Å². The Bertz CT molecular complexity index is 557. The monoisotopic (exact) mass is 203 g/mol. The van der Waals surface area contributed by atoms with Crippen molar-refractivity contribution in [3.8, 4) is 0 Å². The number of aryl methyl sites for hydroxylation is 1. The molecule has 0 unspecified atom stereocenters. The van der Waals surface area contributed by atoms with Gasteiger partial charge in [-0.1, -0.05) is 0 Å². The standard InChI is InChI=1S/C11H13N3O/c1-13(2)9-6-4-8-5-7-10(15)14(3)11(8)12-9/h4-7H,1-3H3. The van der Waals surface area contributed by atoms with E-state index in [1.807, 2.05) is 31.1 Å². The predicted octanol–water partition coefficient (Wildman–Crippen LogP) is 0.999. The summed E-state index contributed by atoms with van der Waals surface area (Å²) in [7, 11) is 5.58. The zero-order valence-electron chi connectivity index (χ0n) is 9.06. The van der Waals surface area contributed by atoms with Crippen molar-refractivity contribution in [2.24, 2.45) is 7.05 Å². The summed E-state index contributed by atoms with van der Waals surface area (Å²) in [6, 6.07) is 7.26. The molecular formula is C11H13N3O. The topological polar surface area (TPSA) is 38.1 Å². The molecule has 4 nitrogen and oxygen atoms in total. The van der Waals surface area contributed by atoms with Gasteiger partial charge >= 0.3 is 0 Å². The minimum Gasteiger partial charge on any atom is -0.363 e. The maximum atomic E-state index is 11.4. The first-order valence-corrected chi connectivity index (χ1v) is 4.74. The van der Waals surface area contributed by atoms with Crippen LogP contribution in [0.5, 0.6) is 0 Å². The molecule has 0 amide bonds. The molecule has 15 heavy (non-hydrogen) atoms. The van der Waals surface area contributed by atoms with Gasteiger partial charge in [0.1, 0.15) is 11.5 Å². The number of hydrogen-bond donors (Lipinski definition) is 0. The molecule has 2 heterocycles. The molecule has 0 fully saturated rings. The van der Waals surface area contributed by atoms with E-state index in [2.05, 4.69) is 4.98 Å². The van der Waals surface area contributed by atoms with Crippen molar-refractivity contribution < 1.29 is 0 Å². The highest BCUT2D eigenvalue weighted by Crippen LogP contribution is 2.14. The van der Waals surface area contributed by atoms with Gasteiger partial charge in [-0.15, -0.1) is 0 Å². The van der Waals surface area contributed by atoms with Gasteiger partial charge in [0.25, 0.3) is 5.56 Å². The summed E-state index contributed by atoms with van der Waals surface area (Å²) in [4.78, 5) is 17.8. The number of hydrogen-bond acceptors (Lipinski definition) is 3. The summed E-state index contributed by atoms with van der Waals surface area (Å²) in [5.74, 6) is 0.851. The van der Waals surface area contributed by atoms with Gasteiger partial charge in [0.15, 0.2) is 0 Å². The van der Waals surface area contributed by atoms with Crippen LogP contribution >= 0.6 is 0 Å². The number of fused-ring (bicyclic) bond motifs is 1. The Kier molecular flexibility index (Phi) is 2.19. The number of nitrogens with zero attached hydrogens (tertiary/aromatic N) is 3. The molecule has 2 rings (SSSR count). The summed E-state index contributed by atoms with van der Waals surface area (Å²) < 4.78 is 1.56. The molecule has 0 aliphatic rings. The predicted molar refractivity (Wildman–Crippen MR) is 61.3 cm³/mol. The minimum atomic E-state index is -0.0362. The maximum Gasteiger partial charge on any atom is 0.251 e. The number of aromatic nitrogens is 2. The molecule has 2 aromatic heterocycles. The lowest BCUT2D eigenvalue weighted by Gasteiger charge is -2.12. The second-order valence-corrected chi connectivity index (χ2v) is 3.71. The second-order valence-electron chi connectivity index (χ2n) is 3.71. The zero-order valence-corrected chi connectivity index (χ0v) is 9.06. The molecule has 0 radical (unpaired) electrons. The van der Waals surface area contributed by atoms with Crippen LogP contribution in [0.3, 0.4) is 0 Å². The SMILES string of the molecule is CN(C)c1ccc2ccc(=O)n(C)c2n1. The molecule has 0 aliphatic carbocycles. The highest BCUT2D eigenvalue weighted by Gasteiger charge is 2.03. The first-order chi connectivity index (χ1) is 7.09. The molecule has 4 heteroatoms. The van der Waals surface area contributed by atoms with E-state index in [1.54, 1.807) is 23.7 Å². The Morgan fingerprint density at radius 1 is 1.20 bits per heavy atom. The normalized spacial score (nSPS) is 10.6. The van der Waals surface area contributed by atoms with Crippen molar-refractivity contribution in [2.75, 3.05) is 19.0 Å². The van der Waals surface area contributed by atoms with Crippen LogP contribution in [0.15, 0.2) is 29.1 Å². The number of pyridine rings is 2. The van der Waals surface area contributed by atoms with E-state index in [9.17, 15) is 4.79 Å². The Hall–Kier alpha value is -1.84. The van der Waals surface area contributed by atoms with Crippen LogP contribution in [0.4, 0.5) is 5.82 Å². The van der Waals surface area contributed by atoms with Gasteiger partial charge in [-0.05, 0) is 18.2 Å². The van der Waals surface area contributed by atoms with Crippen molar-refractivity contribution in [1.29, 1.82) is 0 Å². The zero-order chi connectivity index (χ0) is 11.0. The van der Waals surface area contributed by atoms with Crippen LogP contribution in [0, 0.1) is 0 Å². The Morgan fingerprint density at radius 2 is 1.87 bits per heavy atom. The Balaban J connectivity index is 2.79. The average Bonchev–Trinajstić information content (AvgIpc) is 2.23. The van der Waals surface area contributed by atoms with Gasteiger partial charge in [-0.2, -0.15) is 0 Å². The van der Waals surface area contributed by atoms with Crippen molar-refractivity contribution in [1.82, 2.24) is 9.55 Å². The van der Waals surface area contributed by atoms with Crippen molar-refractivity contribution in [3.05, 3.63) is 34.6 Å². The molecule has 0 saturated carbocycles. The smallest absolute Gasteiger partial charge is 0.251 e. The molecule has 0 atom stereocenters. The van der Waals surface area contributed by atoms with Crippen LogP contribution in [0.1, 0.15) is 0 Å². The molecule has 0 N–H and O–H groups in total. The fourth-order valence-corrected chi connectivity index (χ4v) is 1.47. The van der Waals surface area contributed by atoms with Gasteiger partial charge in [0, 0.05) is 32.6 Å². The molecule has 0 aliphatic heterocycles. The molecule has 0 bridgehead atoms. The summed E-state index contributed by atoms with van der Waals surface area (Å²) in [5, 5.41) is 0.975. The minimum absolute atomic E-state index is 0.0362. The van der Waals surface area contributed by atoms with Gasteiger partial charge in [0.05, 0.1) is 0 Å². The first kappa shape index (κ1) is 9.71. The summed E-state index contributed by atoms with van der Waals surface area (Å²) in [6.45, 7) is 0. The van der Waals surface area contributed by atoms with Crippen molar-refractivity contribution >= 4 is 16.9 Å². The molecule has 0 aromatic carbocycles. The molecule has 78 valence electrons. The maximum absolute atomic E-state index is 11.4. The second kappa shape index (κ2) is 3.38. The quantitative estimate of drug-likeness (QED) is 0.694. The average molecular weight is 203 g/mol. The van der Waals surface area contributed by atoms with Crippen LogP contribution in [-0.2, 0) is 7.05 Å². The molecule has 0 spiro atoms. The van der Waals surface area contributed by atoms with E-state index in [-0.39, 0.29) is 5.56 Å². The third-order valence-corrected chi connectivity index (χ3v) is 2.40. The van der Waals surface area contributed by atoms with E-state index in [1.165, 1.54) is 0 Å². The van der Waals surface area contributed by atoms with Gasteiger partial charge in [-0.3, -0.25) is 9.36 Å². The lowest BCUT2D eigenvalue weighted by Crippen LogP contribution is -2.17. The summed E-state index contributed by atoms with van der Waals surface area (Å²) in [6.07, 6.45) is 0. The lowest BCUT2D eigenvalue weighted by molar-refractivity contribution is 0.884. The fourth-order valence-electron chi connectivity index (χ4n) is 1.47. The van der Waals surface area contributed by atoms with Crippen LogP contribution in [0.25, 0.3) is 11.0 Å². The fraction of sp³-hybridized carbons (Fsp3) is 0.273. The van der Waals surface area contributed by atoms with Crippen molar-refractivity contribution in [3.63, 3.8) is 0 Å². The highest BCUT2D eigenvalue weighted by molar-refractivity contribution is 5.76. The third kappa shape index (κ3) is 1.58. The third-order valence-electron chi connectivity index (χ3n) is 2.40. The van der Waals surface area contributed by atoms with Crippen LogP contribution in [0.2, 0.25) is 0 Å². The Labute approximate surface area is 87.8 Å². The van der Waals surface area contributed by atoms with Gasteiger partial charge < -0.3 is 4.90 Å². The van der Waals surface area contributed by atoms with E-state index in [4.69, 9.17) is 0 Å². The van der Waals surface area contributed by atoms with Crippen LogP contribution < -0.4 is 10.5 Å².